The van der Waals surface area contributed by atoms with E-state index in [1.165, 1.54) is 18.5 Å². The summed E-state index contributed by atoms with van der Waals surface area (Å²) in [4.78, 5) is 47.2. The SMILES string of the molecule is CC(=O)NC(Cc1ccc(-c2c(C)n(C)c(=O)n(C)c2=O)c(C)c1)C(=O)O. The third-order valence-corrected chi connectivity index (χ3v) is 4.63. The van der Waals surface area contributed by atoms with Crippen molar-refractivity contribution in [1.82, 2.24) is 14.5 Å². The zero-order chi connectivity index (χ0) is 20.5. The number of aryl methyl sites for hydroxylation is 1. The molecule has 27 heavy (non-hydrogen) atoms. The van der Waals surface area contributed by atoms with Gasteiger partial charge in [0.15, 0.2) is 0 Å². The topological polar surface area (TPSA) is 110 Å². The summed E-state index contributed by atoms with van der Waals surface area (Å²) < 4.78 is 2.48. The van der Waals surface area contributed by atoms with Gasteiger partial charge in [-0.2, -0.15) is 0 Å². The number of rotatable bonds is 5. The number of carbonyl (C=O) groups is 2. The average Bonchev–Trinajstić information content (AvgIpc) is 2.59. The van der Waals surface area contributed by atoms with Gasteiger partial charge in [0, 0.05) is 33.1 Å². The van der Waals surface area contributed by atoms with Crippen LogP contribution < -0.4 is 16.6 Å². The zero-order valence-corrected chi connectivity index (χ0v) is 16.0. The Morgan fingerprint density at radius 1 is 1.15 bits per heavy atom. The molecule has 1 aromatic carbocycles. The molecule has 144 valence electrons. The molecule has 0 saturated heterocycles. The van der Waals surface area contributed by atoms with Crippen molar-refractivity contribution in [2.24, 2.45) is 14.1 Å². The first-order chi connectivity index (χ1) is 12.5. The minimum atomic E-state index is -1.12. The monoisotopic (exact) mass is 373 g/mol. The van der Waals surface area contributed by atoms with E-state index < -0.39 is 23.6 Å². The van der Waals surface area contributed by atoms with Crippen LogP contribution in [0.15, 0.2) is 27.8 Å². The molecule has 8 nitrogen and oxygen atoms in total. The fourth-order valence-electron chi connectivity index (χ4n) is 3.07. The van der Waals surface area contributed by atoms with E-state index in [0.717, 1.165) is 15.7 Å². The van der Waals surface area contributed by atoms with Gasteiger partial charge in [-0.15, -0.1) is 0 Å². The molecule has 0 radical (unpaired) electrons. The van der Waals surface area contributed by atoms with E-state index in [9.17, 15) is 24.3 Å². The summed E-state index contributed by atoms with van der Waals surface area (Å²) in [6.07, 6.45) is 0.125. The Labute approximate surface area is 156 Å². The lowest BCUT2D eigenvalue weighted by atomic mass is 9.95. The van der Waals surface area contributed by atoms with Gasteiger partial charge in [-0.3, -0.25) is 14.2 Å². The third-order valence-electron chi connectivity index (χ3n) is 4.63. The fourth-order valence-corrected chi connectivity index (χ4v) is 3.07. The van der Waals surface area contributed by atoms with E-state index in [0.29, 0.717) is 16.8 Å². The Hall–Kier alpha value is -3.16. The van der Waals surface area contributed by atoms with E-state index in [1.807, 2.05) is 6.92 Å². The van der Waals surface area contributed by atoms with Crippen molar-refractivity contribution < 1.29 is 14.7 Å². The lowest BCUT2D eigenvalue weighted by Gasteiger charge is -2.16. The number of aliphatic carboxylic acids is 1. The maximum Gasteiger partial charge on any atom is 0.330 e. The first-order valence-electron chi connectivity index (χ1n) is 8.41. The Balaban J connectivity index is 2.50. The lowest BCUT2D eigenvalue weighted by molar-refractivity contribution is -0.141. The molecule has 1 atom stereocenters. The molecule has 0 bridgehead atoms. The number of aromatic nitrogens is 2. The van der Waals surface area contributed by atoms with Crippen LogP contribution in [0, 0.1) is 13.8 Å². The zero-order valence-electron chi connectivity index (χ0n) is 16.0. The molecule has 8 heteroatoms. The summed E-state index contributed by atoms with van der Waals surface area (Å²) >= 11 is 0. The predicted octanol–water partition coefficient (Wildman–Crippen LogP) is 0.500. The Kier molecular flexibility index (Phi) is 5.68. The number of hydrogen-bond acceptors (Lipinski definition) is 4. The number of hydrogen-bond donors (Lipinski definition) is 2. The van der Waals surface area contributed by atoms with Crippen LogP contribution in [0.5, 0.6) is 0 Å². The van der Waals surface area contributed by atoms with Gasteiger partial charge in [0.05, 0.1) is 5.56 Å². The van der Waals surface area contributed by atoms with Gasteiger partial charge in [-0.05, 0) is 30.5 Å². The molecule has 1 aromatic heterocycles. The molecule has 1 unspecified atom stereocenters. The molecule has 0 aliphatic heterocycles. The van der Waals surface area contributed by atoms with Crippen molar-refractivity contribution in [3.63, 3.8) is 0 Å². The standard InChI is InChI=1S/C19H23N3O5/c1-10-8-13(9-15(18(25)26)20-12(3)23)6-7-14(10)16-11(2)21(4)19(27)22(5)17(16)24/h6-8,15H,9H2,1-5H3,(H,20,23)(H,25,26). The van der Waals surface area contributed by atoms with Gasteiger partial charge >= 0.3 is 11.7 Å². The second kappa shape index (κ2) is 7.61. The maximum absolute atomic E-state index is 12.6. The van der Waals surface area contributed by atoms with Gasteiger partial charge < -0.3 is 15.0 Å². The van der Waals surface area contributed by atoms with Crippen LogP contribution >= 0.6 is 0 Å². The molecule has 2 N–H and O–H groups in total. The number of carboxylic acid groups (broad SMARTS) is 1. The summed E-state index contributed by atoms with van der Waals surface area (Å²) in [5.41, 5.74) is 2.39. The number of carbonyl (C=O) groups excluding carboxylic acids is 1. The highest BCUT2D eigenvalue weighted by atomic mass is 16.4. The van der Waals surface area contributed by atoms with Crippen LogP contribution in [0.25, 0.3) is 11.1 Å². The minimum Gasteiger partial charge on any atom is -0.480 e. The molecule has 1 amide bonds. The number of amides is 1. The van der Waals surface area contributed by atoms with Gasteiger partial charge in [0.25, 0.3) is 5.56 Å². The summed E-state index contributed by atoms with van der Waals surface area (Å²) in [7, 11) is 3.04. The molecular formula is C19H23N3O5. The van der Waals surface area contributed by atoms with Crippen molar-refractivity contribution >= 4 is 11.9 Å². The maximum atomic E-state index is 12.6. The predicted molar refractivity (Wildman–Crippen MR) is 101 cm³/mol. The van der Waals surface area contributed by atoms with Gasteiger partial charge in [-0.25, -0.2) is 9.59 Å². The molecule has 2 aromatic rings. The van der Waals surface area contributed by atoms with Gasteiger partial charge in [0.1, 0.15) is 6.04 Å². The van der Waals surface area contributed by atoms with E-state index in [-0.39, 0.29) is 12.0 Å². The van der Waals surface area contributed by atoms with E-state index in [4.69, 9.17) is 0 Å². The lowest BCUT2D eigenvalue weighted by Crippen LogP contribution is -2.41. The van der Waals surface area contributed by atoms with Crippen molar-refractivity contribution in [1.29, 1.82) is 0 Å². The van der Waals surface area contributed by atoms with Crippen molar-refractivity contribution in [3.05, 3.63) is 55.9 Å². The molecule has 1 heterocycles. The Morgan fingerprint density at radius 2 is 1.78 bits per heavy atom. The summed E-state index contributed by atoms with van der Waals surface area (Å²) in [5.74, 6) is -1.53. The molecule has 2 rings (SSSR count). The molecule has 0 aliphatic rings. The number of nitrogens with zero attached hydrogens (tertiary/aromatic N) is 2. The molecule has 0 spiro atoms. The number of nitrogens with one attached hydrogen (secondary N) is 1. The first-order valence-corrected chi connectivity index (χ1v) is 8.41. The minimum absolute atomic E-state index is 0.125. The van der Waals surface area contributed by atoms with Crippen LogP contribution in [0.2, 0.25) is 0 Å². The average molecular weight is 373 g/mol. The quantitative estimate of drug-likeness (QED) is 0.793. The smallest absolute Gasteiger partial charge is 0.330 e. The van der Waals surface area contributed by atoms with Crippen LogP contribution in [0.3, 0.4) is 0 Å². The highest BCUT2D eigenvalue weighted by Crippen LogP contribution is 2.24. The molecule has 0 fully saturated rings. The Morgan fingerprint density at radius 3 is 2.30 bits per heavy atom. The summed E-state index contributed by atoms with van der Waals surface area (Å²) in [5, 5.41) is 11.7. The molecule has 0 aliphatic carbocycles. The molecular weight excluding hydrogens is 350 g/mol. The first kappa shape index (κ1) is 20.2. The van der Waals surface area contributed by atoms with Crippen molar-refractivity contribution in [2.75, 3.05) is 0 Å². The third kappa shape index (κ3) is 3.99. The highest BCUT2D eigenvalue weighted by Gasteiger charge is 2.20. The van der Waals surface area contributed by atoms with Crippen LogP contribution in [-0.2, 0) is 30.1 Å². The highest BCUT2D eigenvalue weighted by molar-refractivity contribution is 5.82. The normalized spacial score (nSPS) is 11.9. The summed E-state index contributed by atoms with van der Waals surface area (Å²) in [6.45, 7) is 4.79. The van der Waals surface area contributed by atoms with E-state index >= 15 is 0 Å². The van der Waals surface area contributed by atoms with Gasteiger partial charge in [0.2, 0.25) is 5.91 Å². The summed E-state index contributed by atoms with van der Waals surface area (Å²) in [6, 6.07) is 4.23. The fraction of sp³-hybridized carbons (Fsp3) is 0.368. The second-order valence-corrected chi connectivity index (χ2v) is 6.61. The number of benzene rings is 1. The Bertz CT molecular complexity index is 1030. The van der Waals surface area contributed by atoms with E-state index in [2.05, 4.69) is 5.32 Å². The van der Waals surface area contributed by atoms with Crippen molar-refractivity contribution in [3.8, 4) is 11.1 Å². The second-order valence-electron chi connectivity index (χ2n) is 6.61. The van der Waals surface area contributed by atoms with Crippen LogP contribution in [-0.4, -0.2) is 32.2 Å². The van der Waals surface area contributed by atoms with Crippen LogP contribution in [0.1, 0.15) is 23.7 Å². The van der Waals surface area contributed by atoms with Gasteiger partial charge in [-0.1, -0.05) is 18.2 Å². The van der Waals surface area contributed by atoms with E-state index in [1.54, 1.807) is 32.2 Å². The molecule has 0 saturated carbocycles. The van der Waals surface area contributed by atoms with Crippen molar-refractivity contribution in [2.45, 2.75) is 33.2 Å². The number of carboxylic acids is 1. The largest absolute Gasteiger partial charge is 0.480 e. The van der Waals surface area contributed by atoms with Crippen LogP contribution in [0.4, 0.5) is 0 Å².